The van der Waals surface area contributed by atoms with Gasteiger partial charge in [0, 0.05) is 29.4 Å². The number of aliphatic hydroxyl groups excluding tert-OH is 1. The lowest BCUT2D eigenvalue weighted by Gasteiger charge is -2.25. The molecule has 2 atom stereocenters. The molecule has 21 heavy (non-hydrogen) atoms. The molecule has 5 nitrogen and oxygen atoms in total. The molecule has 0 spiro atoms. The van der Waals surface area contributed by atoms with Crippen LogP contribution < -0.4 is 4.90 Å². The summed E-state index contributed by atoms with van der Waals surface area (Å²) < 4.78 is 0. The summed E-state index contributed by atoms with van der Waals surface area (Å²) in [4.78, 5) is 13.1. The van der Waals surface area contributed by atoms with E-state index in [-0.39, 0.29) is 13.0 Å². The average molecular weight is 282 g/mol. The first-order chi connectivity index (χ1) is 10.1. The highest BCUT2D eigenvalue weighted by Crippen LogP contribution is 2.34. The normalized spacial score (nSPS) is 21.4. The number of hydrogen-bond donors (Lipinski definition) is 2. The number of β-amino-alcohol motifs (C(OH)–C–C–N with tert-alkyl or cyclic N) is 1. The molecule has 1 heterocycles. The molecule has 1 saturated heterocycles. The summed E-state index contributed by atoms with van der Waals surface area (Å²) in [6.07, 6.45) is -0.440. The van der Waals surface area contributed by atoms with Crippen LogP contribution in [0.2, 0.25) is 0 Å². The maximum Gasteiger partial charge on any atom is 0.326 e. The van der Waals surface area contributed by atoms with Gasteiger partial charge in [0.05, 0.1) is 17.7 Å². The van der Waals surface area contributed by atoms with Crippen molar-refractivity contribution < 1.29 is 15.0 Å². The number of carboxylic acids is 1. The Morgan fingerprint density at radius 1 is 1.24 bits per heavy atom. The van der Waals surface area contributed by atoms with E-state index in [0.717, 1.165) is 16.5 Å². The highest BCUT2D eigenvalue weighted by Gasteiger charge is 2.36. The Labute approximate surface area is 121 Å². The molecule has 2 aromatic rings. The number of aliphatic hydroxyl groups is 1. The molecule has 2 aromatic carbocycles. The average Bonchev–Trinajstić information content (AvgIpc) is 2.88. The molecule has 0 amide bonds. The lowest BCUT2D eigenvalue weighted by molar-refractivity contribution is -0.138. The topological polar surface area (TPSA) is 84.6 Å². The minimum absolute atomic E-state index is 0.212. The number of fused-ring (bicyclic) bond motifs is 1. The van der Waals surface area contributed by atoms with E-state index in [2.05, 4.69) is 6.07 Å². The Balaban J connectivity index is 2.17. The van der Waals surface area contributed by atoms with Gasteiger partial charge in [-0.3, -0.25) is 0 Å². The number of aliphatic carboxylic acids is 1. The first kappa shape index (κ1) is 13.4. The van der Waals surface area contributed by atoms with Crippen LogP contribution >= 0.6 is 0 Å². The monoisotopic (exact) mass is 282 g/mol. The van der Waals surface area contributed by atoms with E-state index in [1.165, 1.54) is 0 Å². The molecule has 0 radical (unpaired) electrons. The van der Waals surface area contributed by atoms with Gasteiger partial charge in [-0.2, -0.15) is 5.26 Å². The maximum absolute atomic E-state index is 11.4. The molecule has 3 rings (SSSR count). The molecule has 5 heteroatoms. The summed E-state index contributed by atoms with van der Waals surface area (Å²) in [7, 11) is 0. The first-order valence-electron chi connectivity index (χ1n) is 6.71. The van der Waals surface area contributed by atoms with Gasteiger partial charge in [-0.05, 0) is 12.1 Å². The Hall–Kier alpha value is -2.58. The third-order valence-electron chi connectivity index (χ3n) is 3.90. The van der Waals surface area contributed by atoms with Crippen LogP contribution in [-0.4, -0.2) is 34.9 Å². The van der Waals surface area contributed by atoms with E-state index < -0.39 is 18.1 Å². The molecule has 2 unspecified atom stereocenters. The predicted molar refractivity (Wildman–Crippen MR) is 78.1 cm³/mol. The van der Waals surface area contributed by atoms with Crippen LogP contribution in [0.25, 0.3) is 10.8 Å². The zero-order valence-corrected chi connectivity index (χ0v) is 11.2. The van der Waals surface area contributed by atoms with E-state index >= 15 is 0 Å². The van der Waals surface area contributed by atoms with Crippen molar-refractivity contribution in [2.75, 3.05) is 11.4 Å². The van der Waals surface area contributed by atoms with Crippen LogP contribution in [0.4, 0.5) is 5.69 Å². The number of hydrogen-bond acceptors (Lipinski definition) is 4. The quantitative estimate of drug-likeness (QED) is 0.876. The van der Waals surface area contributed by atoms with E-state index in [0.29, 0.717) is 5.56 Å². The second kappa shape index (κ2) is 5.08. The number of carboxylic acid groups (broad SMARTS) is 1. The number of carbonyl (C=O) groups is 1. The molecule has 0 saturated carbocycles. The van der Waals surface area contributed by atoms with Crippen LogP contribution in [0, 0.1) is 11.3 Å². The van der Waals surface area contributed by atoms with Gasteiger partial charge in [0.25, 0.3) is 0 Å². The molecule has 1 aliphatic rings. The molecule has 0 aliphatic carbocycles. The highest BCUT2D eigenvalue weighted by atomic mass is 16.4. The smallest absolute Gasteiger partial charge is 0.326 e. The van der Waals surface area contributed by atoms with Crippen molar-refractivity contribution in [1.82, 2.24) is 0 Å². The number of rotatable bonds is 2. The first-order valence-corrected chi connectivity index (χ1v) is 6.71. The SMILES string of the molecule is N#Cc1ccc(N2CC(O)CC2C(=O)O)c2ccccc12. The van der Waals surface area contributed by atoms with Gasteiger partial charge < -0.3 is 15.1 Å². The second-order valence-electron chi connectivity index (χ2n) is 5.19. The Morgan fingerprint density at radius 3 is 2.62 bits per heavy atom. The van der Waals surface area contributed by atoms with Crippen LogP contribution in [0.5, 0.6) is 0 Å². The number of anilines is 1. The summed E-state index contributed by atoms with van der Waals surface area (Å²) in [6, 6.07) is 12.3. The molecule has 1 fully saturated rings. The largest absolute Gasteiger partial charge is 0.480 e. The van der Waals surface area contributed by atoms with Crippen LogP contribution in [0.3, 0.4) is 0 Å². The molecule has 1 aliphatic heterocycles. The maximum atomic E-state index is 11.4. The van der Waals surface area contributed by atoms with Crippen molar-refractivity contribution in [3.8, 4) is 6.07 Å². The van der Waals surface area contributed by atoms with Gasteiger partial charge >= 0.3 is 5.97 Å². The van der Waals surface area contributed by atoms with E-state index in [9.17, 15) is 20.3 Å². The molecule has 0 aromatic heterocycles. The molecular formula is C16H14N2O3. The zero-order chi connectivity index (χ0) is 15.0. The minimum Gasteiger partial charge on any atom is -0.480 e. The van der Waals surface area contributed by atoms with Crippen molar-refractivity contribution >= 4 is 22.4 Å². The standard InChI is InChI=1S/C16H14N2O3/c17-8-10-5-6-14(13-4-2-1-3-12(10)13)18-9-11(19)7-15(18)16(20)21/h1-6,11,15,19H,7,9H2,(H,20,21). The third kappa shape index (κ3) is 2.20. The Kier molecular flexibility index (Phi) is 3.24. The van der Waals surface area contributed by atoms with Crippen molar-refractivity contribution in [1.29, 1.82) is 5.26 Å². The van der Waals surface area contributed by atoms with Gasteiger partial charge in [-0.25, -0.2) is 4.79 Å². The zero-order valence-electron chi connectivity index (χ0n) is 11.2. The molecule has 0 bridgehead atoms. The molecular weight excluding hydrogens is 268 g/mol. The van der Waals surface area contributed by atoms with Crippen LogP contribution in [-0.2, 0) is 4.79 Å². The summed E-state index contributed by atoms with van der Waals surface area (Å²) in [5, 5.41) is 29.9. The summed E-state index contributed by atoms with van der Waals surface area (Å²) in [6.45, 7) is 0.285. The van der Waals surface area contributed by atoms with Gasteiger partial charge in [-0.15, -0.1) is 0 Å². The van der Waals surface area contributed by atoms with E-state index in [4.69, 9.17) is 0 Å². The fraction of sp³-hybridized carbons (Fsp3) is 0.250. The van der Waals surface area contributed by atoms with Gasteiger partial charge in [0.2, 0.25) is 0 Å². The predicted octanol–water partition coefficient (Wildman–Crippen LogP) is 1.74. The lowest BCUT2D eigenvalue weighted by Crippen LogP contribution is -2.36. The van der Waals surface area contributed by atoms with Crippen molar-refractivity contribution in [3.63, 3.8) is 0 Å². The number of benzene rings is 2. The summed E-state index contributed by atoms with van der Waals surface area (Å²) >= 11 is 0. The Bertz CT molecular complexity index is 751. The Morgan fingerprint density at radius 2 is 1.95 bits per heavy atom. The fourth-order valence-corrected chi connectivity index (χ4v) is 2.95. The number of nitrogens with zero attached hydrogens (tertiary/aromatic N) is 2. The van der Waals surface area contributed by atoms with Gasteiger partial charge in [0.1, 0.15) is 6.04 Å². The van der Waals surface area contributed by atoms with Gasteiger partial charge in [-0.1, -0.05) is 24.3 Å². The van der Waals surface area contributed by atoms with E-state index in [1.807, 2.05) is 24.3 Å². The van der Waals surface area contributed by atoms with Gasteiger partial charge in [0.15, 0.2) is 0 Å². The van der Waals surface area contributed by atoms with E-state index in [1.54, 1.807) is 17.0 Å². The van der Waals surface area contributed by atoms with Crippen LogP contribution in [0.1, 0.15) is 12.0 Å². The highest BCUT2D eigenvalue weighted by molar-refractivity contribution is 5.99. The van der Waals surface area contributed by atoms with Crippen LogP contribution in [0.15, 0.2) is 36.4 Å². The lowest BCUT2D eigenvalue weighted by atomic mass is 10.0. The summed E-state index contributed by atoms with van der Waals surface area (Å²) in [5.74, 6) is -0.944. The van der Waals surface area contributed by atoms with Crippen molar-refractivity contribution in [2.24, 2.45) is 0 Å². The van der Waals surface area contributed by atoms with Crippen molar-refractivity contribution in [2.45, 2.75) is 18.6 Å². The second-order valence-corrected chi connectivity index (χ2v) is 5.19. The summed E-state index contributed by atoms with van der Waals surface area (Å²) in [5.41, 5.74) is 1.30. The molecule has 106 valence electrons. The van der Waals surface area contributed by atoms with Crippen molar-refractivity contribution in [3.05, 3.63) is 42.0 Å². The third-order valence-corrected chi connectivity index (χ3v) is 3.90. The molecule has 2 N–H and O–H groups in total. The number of nitriles is 1. The fourth-order valence-electron chi connectivity index (χ4n) is 2.95. The minimum atomic E-state index is -0.944.